The summed E-state index contributed by atoms with van der Waals surface area (Å²) in [6.45, 7) is 4.59. The average molecular weight is 477 g/mol. The van der Waals surface area contributed by atoms with Gasteiger partial charge in [-0.1, -0.05) is 41.4 Å². The maximum atomic E-state index is 12.6. The van der Waals surface area contributed by atoms with Gasteiger partial charge in [-0.25, -0.2) is 0 Å². The van der Waals surface area contributed by atoms with Crippen molar-refractivity contribution < 1.29 is 19.0 Å². The SMILES string of the molecule is CCOc1cc(/C=C(\C#N)C(=O)Nc2ccc(OC)cc2)cc(Cl)c1OCc1ccc(C)cc1. The standard InChI is InChI=1S/C27H25ClN2O4/c1-4-33-25-15-20(14-24(28)26(25)34-17-19-7-5-18(2)6-8-19)13-21(16-29)27(31)30-22-9-11-23(32-3)12-10-22/h5-15H,4,17H2,1-3H3,(H,30,31)/b21-13+. The number of ether oxygens (including phenoxy) is 3. The molecule has 7 heteroatoms. The lowest BCUT2D eigenvalue weighted by molar-refractivity contribution is -0.112. The average Bonchev–Trinajstić information content (AvgIpc) is 2.83. The third-order valence-corrected chi connectivity index (χ3v) is 5.14. The minimum Gasteiger partial charge on any atom is -0.497 e. The predicted octanol–water partition coefficient (Wildman–Crippen LogP) is 6.18. The molecule has 3 aromatic carbocycles. The Morgan fingerprint density at radius 1 is 1.09 bits per heavy atom. The van der Waals surface area contributed by atoms with Gasteiger partial charge in [-0.15, -0.1) is 0 Å². The Hall–Kier alpha value is -3.95. The molecule has 3 aromatic rings. The van der Waals surface area contributed by atoms with Crippen LogP contribution in [0, 0.1) is 18.3 Å². The topological polar surface area (TPSA) is 80.6 Å². The number of nitriles is 1. The van der Waals surface area contributed by atoms with Crippen LogP contribution in [-0.2, 0) is 11.4 Å². The first-order valence-electron chi connectivity index (χ1n) is 10.7. The van der Waals surface area contributed by atoms with Crippen LogP contribution in [0.15, 0.2) is 66.2 Å². The molecule has 0 fully saturated rings. The maximum Gasteiger partial charge on any atom is 0.266 e. The van der Waals surface area contributed by atoms with E-state index in [9.17, 15) is 10.1 Å². The molecule has 0 aliphatic carbocycles. The molecule has 3 rings (SSSR count). The monoisotopic (exact) mass is 476 g/mol. The summed E-state index contributed by atoms with van der Waals surface area (Å²) >= 11 is 6.50. The minimum atomic E-state index is -0.540. The molecule has 0 atom stereocenters. The summed E-state index contributed by atoms with van der Waals surface area (Å²) in [6.07, 6.45) is 1.46. The van der Waals surface area contributed by atoms with Gasteiger partial charge in [-0.2, -0.15) is 5.26 Å². The van der Waals surface area contributed by atoms with Gasteiger partial charge in [0.15, 0.2) is 11.5 Å². The number of hydrogen-bond donors (Lipinski definition) is 1. The molecule has 6 nitrogen and oxygen atoms in total. The van der Waals surface area contributed by atoms with Crippen molar-refractivity contribution in [1.82, 2.24) is 0 Å². The van der Waals surface area contributed by atoms with Crippen LogP contribution in [0.5, 0.6) is 17.2 Å². The first-order chi connectivity index (χ1) is 16.4. The van der Waals surface area contributed by atoms with E-state index in [1.165, 1.54) is 6.08 Å². The van der Waals surface area contributed by atoms with Crippen molar-refractivity contribution in [3.8, 4) is 23.3 Å². The number of aryl methyl sites for hydroxylation is 1. The Kier molecular flexibility index (Phi) is 8.55. The lowest BCUT2D eigenvalue weighted by atomic mass is 10.1. The fraction of sp³-hybridized carbons (Fsp3) is 0.185. The van der Waals surface area contributed by atoms with Crippen LogP contribution < -0.4 is 19.5 Å². The number of anilines is 1. The molecule has 0 spiro atoms. The van der Waals surface area contributed by atoms with Crippen molar-refractivity contribution in [2.45, 2.75) is 20.5 Å². The third-order valence-electron chi connectivity index (χ3n) is 4.86. The highest BCUT2D eigenvalue weighted by Gasteiger charge is 2.15. The van der Waals surface area contributed by atoms with Crippen molar-refractivity contribution >= 4 is 29.3 Å². The summed E-state index contributed by atoms with van der Waals surface area (Å²) in [6, 6.07) is 20.1. The number of methoxy groups -OCH3 is 1. The summed E-state index contributed by atoms with van der Waals surface area (Å²) in [5, 5.41) is 12.6. The molecule has 0 aliphatic heterocycles. The number of benzene rings is 3. The van der Waals surface area contributed by atoms with E-state index >= 15 is 0 Å². The van der Waals surface area contributed by atoms with Gasteiger partial charge in [0.2, 0.25) is 0 Å². The van der Waals surface area contributed by atoms with Crippen molar-refractivity contribution in [1.29, 1.82) is 5.26 Å². The van der Waals surface area contributed by atoms with Crippen LogP contribution in [0.4, 0.5) is 5.69 Å². The molecule has 0 aromatic heterocycles. The molecule has 0 unspecified atom stereocenters. The summed E-state index contributed by atoms with van der Waals surface area (Å²) in [5.74, 6) is 0.960. The second kappa shape index (κ2) is 11.8. The molecular weight excluding hydrogens is 452 g/mol. The number of nitrogens with one attached hydrogen (secondary N) is 1. The summed E-state index contributed by atoms with van der Waals surface area (Å²) in [5.41, 5.74) is 3.16. The third kappa shape index (κ3) is 6.53. The molecule has 0 saturated carbocycles. The zero-order valence-electron chi connectivity index (χ0n) is 19.2. The first-order valence-corrected chi connectivity index (χ1v) is 11.0. The number of nitrogens with zero attached hydrogens (tertiary/aromatic N) is 1. The smallest absolute Gasteiger partial charge is 0.266 e. The van der Waals surface area contributed by atoms with Gasteiger partial charge in [0.05, 0.1) is 18.7 Å². The zero-order valence-corrected chi connectivity index (χ0v) is 20.0. The van der Waals surface area contributed by atoms with E-state index in [0.717, 1.165) is 11.1 Å². The van der Waals surface area contributed by atoms with Crippen LogP contribution in [0.1, 0.15) is 23.6 Å². The maximum absolute atomic E-state index is 12.6. The summed E-state index contributed by atoms with van der Waals surface area (Å²) in [4.78, 5) is 12.6. The Labute approximate surface area is 204 Å². The largest absolute Gasteiger partial charge is 0.497 e. The van der Waals surface area contributed by atoms with Gasteiger partial charge in [0.25, 0.3) is 5.91 Å². The van der Waals surface area contributed by atoms with Gasteiger partial charge in [-0.05, 0) is 67.4 Å². The Bertz CT molecular complexity index is 1210. The highest BCUT2D eigenvalue weighted by Crippen LogP contribution is 2.38. The van der Waals surface area contributed by atoms with Crippen LogP contribution in [-0.4, -0.2) is 19.6 Å². The fourth-order valence-electron chi connectivity index (χ4n) is 3.10. The van der Waals surface area contributed by atoms with Crippen molar-refractivity contribution in [3.05, 3.63) is 87.9 Å². The highest BCUT2D eigenvalue weighted by atomic mass is 35.5. The summed E-state index contributed by atoms with van der Waals surface area (Å²) in [7, 11) is 1.56. The summed E-state index contributed by atoms with van der Waals surface area (Å²) < 4.78 is 16.8. The Morgan fingerprint density at radius 3 is 2.41 bits per heavy atom. The number of rotatable bonds is 9. The number of hydrogen-bond acceptors (Lipinski definition) is 5. The first kappa shape index (κ1) is 24.7. The lowest BCUT2D eigenvalue weighted by Gasteiger charge is -2.15. The van der Waals surface area contributed by atoms with Gasteiger partial charge >= 0.3 is 0 Å². The van der Waals surface area contributed by atoms with E-state index in [1.54, 1.807) is 43.5 Å². The Balaban J connectivity index is 1.81. The van der Waals surface area contributed by atoms with Gasteiger partial charge in [-0.3, -0.25) is 4.79 Å². The van der Waals surface area contributed by atoms with Crippen LogP contribution in [0.25, 0.3) is 6.08 Å². The van der Waals surface area contributed by atoms with Crippen LogP contribution >= 0.6 is 11.6 Å². The van der Waals surface area contributed by atoms with E-state index in [-0.39, 0.29) is 5.57 Å². The molecule has 1 N–H and O–H groups in total. The van der Waals surface area contributed by atoms with E-state index in [0.29, 0.717) is 46.7 Å². The highest BCUT2D eigenvalue weighted by molar-refractivity contribution is 6.32. The number of halogens is 1. The predicted molar refractivity (Wildman–Crippen MR) is 133 cm³/mol. The van der Waals surface area contributed by atoms with Crippen molar-refractivity contribution in [2.75, 3.05) is 19.0 Å². The molecular formula is C27H25ClN2O4. The van der Waals surface area contributed by atoms with E-state index < -0.39 is 5.91 Å². The number of amides is 1. The van der Waals surface area contributed by atoms with Gasteiger partial charge < -0.3 is 19.5 Å². The van der Waals surface area contributed by atoms with Crippen molar-refractivity contribution in [3.63, 3.8) is 0 Å². The van der Waals surface area contributed by atoms with E-state index in [4.69, 9.17) is 25.8 Å². The van der Waals surface area contributed by atoms with Gasteiger partial charge in [0, 0.05) is 5.69 Å². The lowest BCUT2D eigenvalue weighted by Crippen LogP contribution is -2.13. The molecule has 0 saturated heterocycles. The number of carbonyl (C=O) groups is 1. The molecule has 1 amide bonds. The van der Waals surface area contributed by atoms with Crippen molar-refractivity contribution in [2.24, 2.45) is 0 Å². The zero-order chi connectivity index (χ0) is 24.5. The molecule has 174 valence electrons. The molecule has 0 heterocycles. The molecule has 0 bridgehead atoms. The van der Waals surface area contributed by atoms with E-state index in [1.807, 2.05) is 44.2 Å². The van der Waals surface area contributed by atoms with E-state index in [2.05, 4.69) is 5.32 Å². The Morgan fingerprint density at radius 2 is 1.79 bits per heavy atom. The van der Waals surface area contributed by atoms with Crippen LogP contribution in [0.2, 0.25) is 5.02 Å². The molecule has 0 radical (unpaired) electrons. The fourth-order valence-corrected chi connectivity index (χ4v) is 3.38. The van der Waals surface area contributed by atoms with Crippen LogP contribution in [0.3, 0.4) is 0 Å². The van der Waals surface area contributed by atoms with Gasteiger partial charge in [0.1, 0.15) is 24.0 Å². The molecule has 34 heavy (non-hydrogen) atoms. The molecule has 0 aliphatic rings. The quantitative estimate of drug-likeness (QED) is 0.294. The second-order valence-electron chi connectivity index (χ2n) is 7.39. The minimum absolute atomic E-state index is 0.0809. The number of carbonyl (C=O) groups excluding carboxylic acids is 1. The normalized spacial score (nSPS) is 10.9. The second-order valence-corrected chi connectivity index (χ2v) is 7.80.